The molecule has 0 aliphatic heterocycles. The Morgan fingerprint density at radius 1 is 1.11 bits per heavy atom. The van der Waals surface area contributed by atoms with Crippen molar-refractivity contribution in [3.63, 3.8) is 0 Å². The van der Waals surface area contributed by atoms with Gasteiger partial charge in [-0.1, -0.05) is 18.2 Å². The molecule has 0 atom stereocenters. The van der Waals surface area contributed by atoms with Crippen LogP contribution in [-0.2, 0) is 7.05 Å². The van der Waals surface area contributed by atoms with E-state index in [0.29, 0.717) is 5.56 Å². The molecule has 0 saturated heterocycles. The van der Waals surface area contributed by atoms with Crippen LogP contribution < -0.4 is 5.56 Å². The monoisotopic (exact) mass is 252 g/mol. The molecule has 0 aliphatic carbocycles. The first-order valence-electron chi connectivity index (χ1n) is 6.14. The van der Waals surface area contributed by atoms with Gasteiger partial charge in [-0.15, -0.1) is 0 Å². The van der Waals surface area contributed by atoms with E-state index in [2.05, 4.69) is 0 Å². The average molecular weight is 252 g/mol. The molecule has 2 rings (SSSR count). The summed E-state index contributed by atoms with van der Waals surface area (Å²) in [6.07, 6.45) is 0. The summed E-state index contributed by atoms with van der Waals surface area (Å²) in [6, 6.07) is 9.91. The van der Waals surface area contributed by atoms with Gasteiger partial charge in [-0.05, 0) is 43.5 Å². The second kappa shape index (κ2) is 4.74. The van der Waals surface area contributed by atoms with Gasteiger partial charge in [-0.25, -0.2) is 0 Å². The van der Waals surface area contributed by atoms with Crippen molar-refractivity contribution in [1.29, 1.82) is 5.26 Å². The number of hydrogen-bond acceptors (Lipinski definition) is 2. The van der Waals surface area contributed by atoms with E-state index in [9.17, 15) is 10.1 Å². The van der Waals surface area contributed by atoms with Gasteiger partial charge in [0.2, 0.25) is 0 Å². The number of aromatic nitrogens is 1. The van der Waals surface area contributed by atoms with Crippen LogP contribution in [0, 0.1) is 32.1 Å². The Hall–Kier alpha value is -2.34. The molecule has 0 unspecified atom stereocenters. The van der Waals surface area contributed by atoms with Crippen molar-refractivity contribution in [3.05, 3.63) is 57.0 Å². The SMILES string of the molecule is Cc1ccc(-c2cc(C)n(C)c(=O)c2C#N)cc1C. The first-order valence-corrected chi connectivity index (χ1v) is 6.14. The maximum Gasteiger partial charge on any atom is 0.269 e. The van der Waals surface area contributed by atoms with E-state index in [1.165, 1.54) is 10.1 Å². The highest BCUT2D eigenvalue weighted by atomic mass is 16.1. The van der Waals surface area contributed by atoms with Crippen molar-refractivity contribution in [3.8, 4) is 17.2 Å². The summed E-state index contributed by atoms with van der Waals surface area (Å²) in [4.78, 5) is 12.1. The van der Waals surface area contributed by atoms with Crippen LogP contribution in [-0.4, -0.2) is 4.57 Å². The third-order valence-corrected chi connectivity index (χ3v) is 3.60. The molecule has 96 valence electrons. The lowest BCUT2D eigenvalue weighted by Crippen LogP contribution is -2.22. The third kappa shape index (κ3) is 2.17. The van der Waals surface area contributed by atoms with E-state index in [-0.39, 0.29) is 11.1 Å². The summed E-state index contributed by atoms with van der Waals surface area (Å²) in [5.41, 5.74) is 4.79. The smallest absolute Gasteiger partial charge is 0.269 e. The van der Waals surface area contributed by atoms with Crippen LogP contribution in [0.15, 0.2) is 29.1 Å². The van der Waals surface area contributed by atoms with Crippen molar-refractivity contribution in [2.24, 2.45) is 7.05 Å². The second-order valence-electron chi connectivity index (χ2n) is 4.85. The molecule has 19 heavy (non-hydrogen) atoms. The highest BCUT2D eigenvalue weighted by molar-refractivity contribution is 5.71. The first-order chi connectivity index (χ1) is 8.95. The highest BCUT2D eigenvalue weighted by Crippen LogP contribution is 2.24. The molecule has 1 heterocycles. The zero-order valence-corrected chi connectivity index (χ0v) is 11.6. The summed E-state index contributed by atoms with van der Waals surface area (Å²) in [6.45, 7) is 5.94. The fourth-order valence-corrected chi connectivity index (χ4v) is 2.07. The molecular weight excluding hydrogens is 236 g/mol. The number of rotatable bonds is 1. The molecule has 1 aromatic carbocycles. The molecule has 1 aromatic heterocycles. The molecule has 0 radical (unpaired) electrons. The Kier molecular flexibility index (Phi) is 3.26. The molecule has 0 aliphatic rings. The zero-order chi connectivity index (χ0) is 14.2. The standard InChI is InChI=1S/C16H16N2O/c1-10-5-6-13(7-11(10)2)14-8-12(3)18(4)16(19)15(14)9-17/h5-8H,1-4H3. The number of benzene rings is 1. The second-order valence-corrected chi connectivity index (χ2v) is 4.85. The molecule has 3 heteroatoms. The Morgan fingerprint density at radius 2 is 1.79 bits per heavy atom. The predicted octanol–water partition coefficient (Wildman–Crippen LogP) is 2.85. The summed E-state index contributed by atoms with van der Waals surface area (Å²) < 4.78 is 1.50. The van der Waals surface area contributed by atoms with Crippen molar-refractivity contribution in [2.75, 3.05) is 0 Å². The lowest BCUT2D eigenvalue weighted by atomic mass is 9.97. The Balaban J connectivity index is 2.79. The summed E-state index contributed by atoms with van der Waals surface area (Å²) in [5.74, 6) is 0. The minimum absolute atomic E-state index is 0.205. The number of pyridine rings is 1. The summed E-state index contributed by atoms with van der Waals surface area (Å²) in [7, 11) is 1.68. The highest BCUT2D eigenvalue weighted by Gasteiger charge is 2.12. The quantitative estimate of drug-likeness (QED) is 0.783. The largest absolute Gasteiger partial charge is 0.315 e. The van der Waals surface area contributed by atoms with Crippen LogP contribution in [0.4, 0.5) is 0 Å². The van der Waals surface area contributed by atoms with Gasteiger partial charge < -0.3 is 4.57 Å². The van der Waals surface area contributed by atoms with Gasteiger partial charge in [0.05, 0.1) is 0 Å². The van der Waals surface area contributed by atoms with Crippen LogP contribution in [0.5, 0.6) is 0 Å². The molecule has 0 bridgehead atoms. The Labute approximate surface area is 112 Å². The maximum absolute atomic E-state index is 12.1. The van der Waals surface area contributed by atoms with Gasteiger partial charge >= 0.3 is 0 Å². The number of aryl methyl sites for hydroxylation is 3. The Bertz CT molecular complexity index is 749. The topological polar surface area (TPSA) is 45.8 Å². The molecular formula is C16H16N2O. The zero-order valence-electron chi connectivity index (χ0n) is 11.6. The van der Waals surface area contributed by atoms with Crippen LogP contribution in [0.3, 0.4) is 0 Å². The lowest BCUT2D eigenvalue weighted by molar-refractivity contribution is 0.816. The van der Waals surface area contributed by atoms with Crippen LogP contribution in [0.25, 0.3) is 11.1 Å². The van der Waals surface area contributed by atoms with E-state index in [1.807, 2.05) is 51.1 Å². The molecule has 0 amide bonds. The van der Waals surface area contributed by atoms with E-state index in [4.69, 9.17) is 0 Å². The molecule has 0 spiro atoms. The van der Waals surface area contributed by atoms with E-state index < -0.39 is 0 Å². The fraction of sp³-hybridized carbons (Fsp3) is 0.250. The van der Waals surface area contributed by atoms with Crippen molar-refractivity contribution in [1.82, 2.24) is 4.57 Å². The minimum atomic E-state index is -0.240. The Morgan fingerprint density at radius 3 is 2.37 bits per heavy atom. The fourth-order valence-electron chi connectivity index (χ4n) is 2.07. The lowest BCUT2D eigenvalue weighted by Gasteiger charge is -2.11. The molecule has 0 N–H and O–H groups in total. The van der Waals surface area contributed by atoms with Gasteiger partial charge in [0, 0.05) is 18.3 Å². The molecule has 3 nitrogen and oxygen atoms in total. The van der Waals surface area contributed by atoms with E-state index in [0.717, 1.165) is 16.8 Å². The summed E-state index contributed by atoms with van der Waals surface area (Å²) >= 11 is 0. The number of hydrogen-bond donors (Lipinski definition) is 0. The van der Waals surface area contributed by atoms with Gasteiger partial charge in [-0.3, -0.25) is 4.79 Å². The van der Waals surface area contributed by atoms with Gasteiger partial charge in [0.15, 0.2) is 0 Å². The van der Waals surface area contributed by atoms with Crippen LogP contribution >= 0.6 is 0 Å². The van der Waals surface area contributed by atoms with Gasteiger partial charge in [-0.2, -0.15) is 5.26 Å². The van der Waals surface area contributed by atoms with Gasteiger partial charge in [0.1, 0.15) is 11.6 Å². The molecule has 2 aromatic rings. The van der Waals surface area contributed by atoms with Crippen LogP contribution in [0.1, 0.15) is 22.4 Å². The minimum Gasteiger partial charge on any atom is -0.315 e. The van der Waals surface area contributed by atoms with Crippen molar-refractivity contribution in [2.45, 2.75) is 20.8 Å². The van der Waals surface area contributed by atoms with Crippen molar-refractivity contribution >= 4 is 0 Å². The predicted molar refractivity (Wildman–Crippen MR) is 76.0 cm³/mol. The van der Waals surface area contributed by atoms with E-state index >= 15 is 0 Å². The number of nitriles is 1. The van der Waals surface area contributed by atoms with E-state index in [1.54, 1.807) is 7.05 Å². The maximum atomic E-state index is 12.1. The van der Waals surface area contributed by atoms with Crippen LogP contribution in [0.2, 0.25) is 0 Å². The normalized spacial score (nSPS) is 10.3. The average Bonchev–Trinajstić information content (AvgIpc) is 2.39. The molecule has 0 saturated carbocycles. The first kappa shape index (κ1) is 13.1. The van der Waals surface area contributed by atoms with Gasteiger partial charge in [0.25, 0.3) is 5.56 Å². The summed E-state index contributed by atoms with van der Waals surface area (Å²) in [5, 5.41) is 9.24. The third-order valence-electron chi connectivity index (χ3n) is 3.60. The number of nitrogens with zero attached hydrogens (tertiary/aromatic N) is 2. The van der Waals surface area contributed by atoms with Crippen molar-refractivity contribution < 1.29 is 0 Å². The molecule has 0 fully saturated rings.